The molecule has 0 saturated carbocycles. The van der Waals surface area contributed by atoms with Crippen LogP contribution in [0.25, 0.3) is 0 Å². The number of hydrogen-bond donors (Lipinski definition) is 1. The van der Waals surface area contributed by atoms with Gasteiger partial charge in [0.2, 0.25) is 5.91 Å². The van der Waals surface area contributed by atoms with Crippen molar-refractivity contribution in [2.45, 2.75) is 32.2 Å². The fourth-order valence-electron chi connectivity index (χ4n) is 3.28. The van der Waals surface area contributed by atoms with Crippen molar-refractivity contribution in [1.29, 1.82) is 0 Å². The van der Waals surface area contributed by atoms with Gasteiger partial charge in [0, 0.05) is 19.0 Å². The molecule has 0 spiro atoms. The average Bonchev–Trinajstić information content (AvgIpc) is 3.02. The quantitative estimate of drug-likeness (QED) is 0.781. The molecule has 2 aromatic rings. The van der Waals surface area contributed by atoms with Gasteiger partial charge >= 0.3 is 0 Å². The highest BCUT2D eigenvalue weighted by Crippen LogP contribution is 2.22. The summed E-state index contributed by atoms with van der Waals surface area (Å²) in [4.78, 5) is 14.0. The zero-order valence-electron chi connectivity index (χ0n) is 15.3. The number of sulfone groups is 1. The molecule has 1 aromatic heterocycles. The van der Waals surface area contributed by atoms with Crippen LogP contribution in [-0.4, -0.2) is 48.6 Å². The summed E-state index contributed by atoms with van der Waals surface area (Å²) in [5.74, 6) is 1.28. The van der Waals surface area contributed by atoms with Crippen molar-refractivity contribution < 1.29 is 13.2 Å². The molecule has 0 bridgehead atoms. The first-order valence-electron chi connectivity index (χ1n) is 9.11. The summed E-state index contributed by atoms with van der Waals surface area (Å²) in [6.45, 7) is 2.61. The van der Waals surface area contributed by atoms with Gasteiger partial charge in [0.15, 0.2) is 21.5 Å². The lowest BCUT2D eigenvalue weighted by Gasteiger charge is -2.27. The summed E-state index contributed by atoms with van der Waals surface area (Å²) in [5.41, 5.74) is 1.11. The summed E-state index contributed by atoms with van der Waals surface area (Å²) >= 11 is 0. The highest BCUT2D eigenvalue weighted by atomic mass is 32.2. The number of carbonyl (C=O) groups is 1. The molecule has 1 atom stereocenters. The Morgan fingerprint density at radius 3 is 2.56 bits per heavy atom. The predicted molar refractivity (Wildman–Crippen MR) is 106 cm³/mol. The number of benzene rings is 1. The Balaban J connectivity index is 1.57. The maximum absolute atomic E-state index is 12.1. The summed E-state index contributed by atoms with van der Waals surface area (Å²) in [7, 11) is -2.96. The van der Waals surface area contributed by atoms with Gasteiger partial charge in [-0.05, 0) is 37.5 Å². The lowest BCUT2D eigenvalue weighted by molar-refractivity contribution is -0.116. The van der Waals surface area contributed by atoms with Crippen LogP contribution in [0.1, 0.15) is 25.3 Å². The van der Waals surface area contributed by atoms with Crippen molar-refractivity contribution in [2.75, 3.05) is 28.3 Å². The Hall–Kier alpha value is -2.48. The molecule has 1 aliphatic rings. The third-order valence-corrected chi connectivity index (χ3v) is 6.44. The minimum absolute atomic E-state index is 0.0689. The lowest BCUT2D eigenvalue weighted by Crippen LogP contribution is -2.36. The molecule has 0 radical (unpaired) electrons. The van der Waals surface area contributed by atoms with Crippen molar-refractivity contribution in [1.82, 2.24) is 10.2 Å². The molecular weight excluding hydrogens is 364 g/mol. The third kappa shape index (κ3) is 5.26. The van der Waals surface area contributed by atoms with Gasteiger partial charge < -0.3 is 10.2 Å². The minimum Gasteiger partial charge on any atom is -0.351 e. The van der Waals surface area contributed by atoms with Gasteiger partial charge in [0.25, 0.3) is 0 Å². The summed E-state index contributed by atoms with van der Waals surface area (Å²) in [6, 6.07) is 13.2. The van der Waals surface area contributed by atoms with E-state index in [9.17, 15) is 13.2 Å². The molecule has 0 aliphatic carbocycles. The van der Waals surface area contributed by atoms with E-state index in [0.29, 0.717) is 37.4 Å². The standard InChI is InChI=1S/C19H24N4O3S/c1-2-23(16-12-13-27(25,26)14-16)18-10-9-17(21-22-18)20-19(24)11-8-15-6-4-3-5-7-15/h3-7,9-10,16H,2,8,11-14H2,1H3,(H,20,21,24). The molecule has 7 nitrogen and oxygen atoms in total. The molecule has 2 heterocycles. The number of aromatic nitrogens is 2. The second-order valence-electron chi connectivity index (χ2n) is 6.65. The predicted octanol–water partition coefficient (Wildman–Crippen LogP) is 2.06. The van der Waals surface area contributed by atoms with Crippen LogP contribution < -0.4 is 10.2 Å². The number of nitrogens with zero attached hydrogens (tertiary/aromatic N) is 3. The Morgan fingerprint density at radius 2 is 1.96 bits per heavy atom. The third-order valence-electron chi connectivity index (χ3n) is 4.69. The molecule has 27 heavy (non-hydrogen) atoms. The van der Waals surface area contributed by atoms with E-state index in [4.69, 9.17) is 0 Å². The topological polar surface area (TPSA) is 92.3 Å². The summed E-state index contributed by atoms with van der Waals surface area (Å²) < 4.78 is 23.4. The van der Waals surface area contributed by atoms with Crippen LogP contribution in [0.4, 0.5) is 11.6 Å². The van der Waals surface area contributed by atoms with E-state index in [1.54, 1.807) is 12.1 Å². The van der Waals surface area contributed by atoms with Crippen LogP contribution in [0.2, 0.25) is 0 Å². The second-order valence-corrected chi connectivity index (χ2v) is 8.88. The molecular formula is C19H24N4O3S. The Morgan fingerprint density at radius 1 is 1.19 bits per heavy atom. The highest BCUT2D eigenvalue weighted by molar-refractivity contribution is 7.91. The maximum atomic E-state index is 12.1. The van der Waals surface area contributed by atoms with Crippen molar-refractivity contribution in [3.8, 4) is 0 Å². The SMILES string of the molecule is CCN(c1ccc(NC(=O)CCc2ccccc2)nn1)C1CCS(=O)(=O)C1. The molecule has 144 valence electrons. The van der Waals surface area contributed by atoms with Crippen LogP contribution in [0, 0.1) is 0 Å². The first kappa shape index (κ1) is 19.3. The number of carbonyl (C=O) groups excluding carboxylic acids is 1. The van der Waals surface area contributed by atoms with Crippen molar-refractivity contribution >= 4 is 27.4 Å². The number of anilines is 2. The van der Waals surface area contributed by atoms with Crippen molar-refractivity contribution in [3.05, 3.63) is 48.0 Å². The van der Waals surface area contributed by atoms with Gasteiger partial charge in [-0.1, -0.05) is 30.3 Å². The number of hydrogen-bond acceptors (Lipinski definition) is 6. The van der Waals surface area contributed by atoms with E-state index in [1.165, 1.54) is 0 Å². The van der Waals surface area contributed by atoms with Gasteiger partial charge in [-0.3, -0.25) is 4.79 Å². The Labute approximate surface area is 159 Å². The number of aryl methyl sites for hydroxylation is 1. The van der Waals surface area contributed by atoms with Gasteiger partial charge in [-0.25, -0.2) is 8.42 Å². The zero-order valence-corrected chi connectivity index (χ0v) is 16.2. The minimum atomic E-state index is -2.96. The molecule has 1 saturated heterocycles. The van der Waals surface area contributed by atoms with E-state index in [-0.39, 0.29) is 23.5 Å². The molecule has 1 N–H and O–H groups in total. The second kappa shape index (κ2) is 8.47. The zero-order chi connectivity index (χ0) is 19.3. The van der Waals surface area contributed by atoms with E-state index >= 15 is 0 Å². The first-order valence-corrected chi connectivity index (χ1v) is 10.9. The molecule has 3 rings (SSSR count). The van der Waals surface area contributed by atoms with Gasteiger partial charge in [-0.15, -0.1) is 10.2 Å². The Kier molecular flexibility index (Phi) is 6.05. The van der Waals surface area contributed by atoms with Crippen LogP contribution in [0.15, 0.2) is 42.5 Å². The highest BCUT2D eigenvalue weighted by Gasteiger charge is 2.32. The van der Waals surface area contributed by atoms with Gasteiger partial charge in [-0.2, -0.15) is 0 Å². The molecule has 1 fully saturated rings. The first-order chi connectivity index (χ1) is 13.0. The maximum Gasteiger partial charge on any atom is 0.225 e. The van der Waals surface area contributed by atoms with Crippen LogP contribution in [0.3, 0.4) is 0 Å². The van der Waals surface area contributed by atoms with Crippen molar-refractivity contribution in [3.63, 3.8) is 0 Å². The van der Waals surface area contributed by atoms with Crippen LogP contribution >= 0.6 is 0 Å². The van der Waals surface area contributed by atoms with Crippen LogP contribution in [0.5, 0.6) is 0 Å². The molecule has 1 unspecified atom stereocenters. The van der Waals surface area contributed by atoms with E-state index in [0.717, 1.165) is 5.56 Å². The molecule has 1 aromatic carbocycles. The van der Waals surface area contributed by atoms with Crippen LogP contribution in [-0.2, 0) is 21.1 Å². The largest absolute Gasteiger partial charge is 0.351 e. The monoisotopic (exact) mass is 388 g/mol. The number of nitrogens with one attached hydrogen (secondary N) is 1. The number of rotatable bonds is 7. The molecule has 1 aliphatic heterocycles. The molecule has 1 amide bonds. The summed E-state index contributed by atoms with van der Waals surface area (Å²) in [6.07, 6.45) is 1.64. The normalized spacial score (nSPS) is 18.2. The Bertz CT molecular complexity index is 870. The fourth-order valence-corrected chi connectivity index (χ4v) is 5.01. The summed E-state index contributed by atoms with van der Waals surface area (Å²) in [5, 5.41) is 11.0. The van der Waals surface area contributed by atoms with Gasteiger partial charge in [0.1, 0.15) is 0 Å². The fraction of sp³-hybridized carbons (Fsp3) is 0.421. The van der Waals surface area contributed by atoms with E-state index in [1.807, 2.05) is 42.2 Å². The lowest BCUT2D eigenvalue weighted by atomic mass is 10.1. The van der Waals surface area contributed by atoms with E-state index in [2.05, 4.69) is 15.5 Å². The molecule has 8 heteroatoms. The van der Waals surface area contributed by atoms with E-state index < -0.39 is 9.84 Å². The van der Waals surface area contributed by atoms with Gasteiger partial charge in [0.05, 0.1) is 11.5 Å². The smallest absolute Gasteiger partial charge is 0.225 e. The number of amides is 1. The average molecular weight is 388 g/mol. The van der Waals surface area contributed by atoms with Crippen molar-refractivity contribution in [2.24, 2.45) is 0 Å².